The Kier molecular flexibility index (Phi) is 2.25. The van der Waals surface area contributed by atoms with Crippen LogP contribution in [0.1, 0.15) is 6.42 Å². The lowest BCUT2D eigenvalue weighted by Crippen LogP contribution is -1.99. The van der Waals surface area contributed by atoms with Crippen LogP contribution in [0.2, 0.25) is 0 Å². The maximum atomic E-state index is 11.6. The zero-order valence-electron chi connectivity index (χ0n) is 5.63. The molecule has 0 bridgehead atoms. The molecule has 0 unspecified atom stereocenters. The number of hydrogen-bond acceptors (Lipinski definition) is 2. The van der Waals surface area contributed by atoms with Gasteiger partial charge < -0.3 is 5.73 Å². The molecule has 1 rings (SSSR count). The highest BCUT2D eigenvalue weighted by Crippen LogP contribution is 1.96. The number of alkyl halides is 1. The van der Waals surface area contributed by atoms with Gasteiger partial charge in [-0.25, -0.2) is 0 Å². The van der Waals surface area contributed by atoms with Gasteiger partial charge in [0.2, 0.25) is 0 Å². The molecule has 0 saturated carbocycles. The molecule has 0 fully saturated rings. The third-order valence-corrected chi connectivity index (χ3v) is 1.18. The lowest BCUT2D eigenvalue weighted by molar-refractivity contribution is 0.435. The van der Waals surface area contributed by atoms with Gasteiger partial charge in [-0.15, -0.1) is 0 Å². The van der Waals surface area contributed by atoms with Gasteiger partial charge in [-0.1, -0.05) is 0 Å². The Hall–Kier alpha value is -1.06. The summed E-state index contributed by atoms with van der Waals surface area (Å²) in [4.78, 5) is 0. The van der Waals surface area contributed by atoms with E-state index in [2.05, 4.69) is 5.10 Å². The summed E-state index contributed by atoms with van der Waals surface area (Å²) in [5.74, 6) is 0.485. The summed E-state index contributed by atoms with van der Waals surface area (Å²) in [6, 6.07) is 1.69. The number of nitrogens with zero attached hydrogens (tertiary/aromatic N) is 2. The monoisotopic (exact) mass is 143 g/mol. The average Bonchev–Trinajstić information content (AvgIpc) is 2.31. The van der Waals surface area contributed by atoms with Crippen LogP contribution in [-0.4, -0.2) is 16.5 Å². The first-order valence-corrected chi connectivity index (χ1v) is 3.18. The first-order valence-electron chi connectivity index (χ1n) is 3.18. The molecule has 1 aromatic heterocycles. The van der Waals surface area contributed by atoms with E-state index in [0.29, 0.717) is 18.8 Å². The quantitative estimate of drug-likeness (QED) is 0.680. The second kappa shape index (κ2) is 3.20. The molecule has 1 aromatic rings. The molecule has 0 atom stereocenters. The summed E-state index contributed by atoms with van der Waals surface area (Å²) in [6.45, 7) is 0.299. The van der Waals surface area contributed by atoms with E-state index >= 15 is 0 Å². The van der Waals surface area contributed by atoms with Crippen LogP contribution in [0.25, 0.3) is 0 Å². The van der Waals surface area contributed by atoms with Crippen LogP contribution in [0.4, 0.5) is 10.2 Å². The fourth-order valence-corrected chi connectivity index (χ4v) is 0.724. The minimum absolute atomic E-state index is 0.306. The molecule has 0 radical (unpaired) electrons. The average molecular weight is 143 g/mol. The normalized spacial score (nSPS) is 10.1. The molecule has 1 heterocycles. The molecular formula is C6H10FN3. The van der Waals surface area contributed by atoms with Crippen molar-refractivity contribution in [3.8, 4) is 0 Å². The topological polar surface area (TPSA) is 43.8 Å². The molecule has 2 N–H and O–H groups in total. The van der Waals surface area contributed by atoms with Crippen LogP contribution in [-0.2, 0) is 6.54 Å². The Bertz CT molecular complexity index is 197. The number of rotatable bonds is 3. The first kappa shape index (κ1) is 7.05. The van der Waals surface area contributed by atoms with E-state index < -0.39 is 0 Å². The van der Waals surface area contributed by atoms with Crippen molar-refractivity contribution in [2.75, 3.05) is 12.4 Å². The van der Waals surface area contributed by atoms with E-state index in [0.717, 1.165) is 0 Å². The number of hydrogen-bond donors (Lipinski definition) is 1. The van der Waals surface area contributed by atoms with Crippen LogP contribution in [0.3, 0.4) is 0 Å². The van der Waals surface area contributed by atoms with Gasteiger partial charge in [0, 0.05) is 12.7 Å². The Morgan fingerprint density at radius 3 is 3.00 bits per heavy atom. The number of aromatic nitrogens is 2. The van der Waals surface area contributed by atoms with Gasteiger partial charge in [0.15, 0.2) is 0 Å². The van der Waals surface area contributed by atoms with Gasteiger partial charge in [0.05, 0.1) is 6.67 Å². The molecule has 3 nitrogen and oxygen atoms in total. The summed E-state index contributed by atoms with van der Waals surface area (Å²) >= 11 is 0. The lowest BCUT2D eigenvalue weighted by atomic mass is 10.5. The highest BCUT2D eigenvalue weighted by molar-refractivity contribution is 5.23. The number of halogens is 1. The standard InChI is InChI=1S/C6H10FN3/c7-3-1-4-10-5-2-6(8)9-10/h2,5H,1,3-4H2,(H2,8,9). The van der Waals surface area contributed by atoms with Crippen LogP contribution in [0, 0.1) is 0 Å². The fraction of sp³-hybridized carbons (Fsp3) is 0.500. The predicted octanol–water partition coefficient (Wildman–Crippen LogP) is 0.825. The van der Waals surface area contributed by atoms with Crippen molar-refractivity contribution in [2.45, 2.75) is 13.0 Å². The Morgan fingerprint density at radius 1 is 1.70 bits per heavy atom. The Morgan fingerprint density at radius 2 is 2.50 bits per heavy atom. The highest BCUT2D eigenvalue weighted by Gasteiger charge is 1.92. The second-order valence-corrected chi connectivity index (χ2v) is 2.05. The van der Waals surface area contributed by atoms with Crippen molar-refractivity contribution in [1.82, 2.24) is 9.78 Å². The number of anilines is 1. The van der Waals surface area contributed by atoms with E-state index in [9.17, 15) is 4.39 Å². The molecule has 56 valence electrons. The minimum atomic E-state index is -0.306. The maximum Gasteiger partial charge on any atom is 0.145 e. The first-order chi connectivity index (χ1) is 4.83. The molecular weight excluding hydrogens is 133 g/mol. The summed E-state index contributed by atoms with van der Waals surface area (Å²) in [6.07, 6.45) is 2.24. The third kappa shape index (κ3) is 1.72. The minimum Gasteiger partial charge on any atom is -0.382 e. The lowest BCUT2D eigenvalue weighted by Gasteiger charge is -1.95. The van der Waals surface area contributed by atoms with Crippen LogP contribution >= 0.6 is 0 Å². The van der Waals surface area contributed by atoms with Gasteiger partial charge in [-0.05, 0) is 12.5 Å². The van der Waals surface area contributed by atoms with Gasteiger partial charge in [0.1, 0.15) is 5.82 Å². The molecule has 0 aromatic carbocycles. The van der Waals surface area contributed by atoms with E-state index in [4.69, 9.17) is 5.73 Å². The van der Waals surface area contributed by atoms with Crippen LogP contribution < -0.4 is 5.73 Å². The molecule has 0 spiro atoms. The summed E-state index contributed by atoms with van der Waals surface area (Å²) in [7, 11) is 0. The second-order valence-electron chi connectivity index (χ2n) is 2.05. The van der Waals surface area contributed by atoms with Crippen molar-refractivity contribution in [2.24, 2.45) is 0 Å². The molecule has 10 heavy (non-hydrogen) atoms. The van der Waals surface area contributed by atoms with Crippen LogP contribution in [0.5, 0.6) is 0 Å². The van der Waals surface area contributed by atoms with Crippen LogP contribution in [0.15, 0.2) is 12.3 Å². The van der Waals surface area contributed by atoms with Gasteiger partial charge >= 0.3 is 0 Å². The molecule has 0 saturated heterocycles. The third-order valence-electron chi connectivity index (χ3n) is 1.18. The number of nitrogens with two attached hydrogens (primary N) is 1. The van der Waals surface area contributed by atoms with Crippen molar-refractivity contribution in [3.63, 3.8) is 0 Å². The van der Waals surface area contributed by atoms with Gasteiger partial charge in [0.25, 0.3) is 0 Å². The van der Waals surface area contributed by atoms with E-state index in [1.165, 1.54) is 0 Å². The van der Waals surface area contributed by atoms with E-state index in [1.807, 2.05) is 0 Å². The molecule has 0 aliphatic carbocycles. The van der Waals surface area contributed by atoms with E-state index in [-0.39, 0.29) is 6.67 Å². The summed E-state index contributed by atoms with van der Waals surface area (Å²) in [5, 5.41) is 3.88. The zero-order chi connectivity index (χ0) is 7.40. The molecule has 0 aliphatic rings. The van der Waals surface area contributed by atoms with E-state index in [1.54, 1.807) is 16.9 Å². The van der Waals surface area contributed by atoms with Crippen molar-refractivity contribution in [3.05, 3.63) is 12.3 Å². The largest absolute Gasteiger partial charge is 0.382 e. The molecule has 4 heteroatoms. The Labute approximate surface area is 58.6 Å². The smallest absolute Gasteiger partial charge is 0.145 e. The number of nitrogen functional groups attached to an aromatic ring is 1. The number of aryl methyl sites for hydroxylation is 1. The molecule has 0 aliphatic heterocycles. The highest BCUT2D eigenvalue weighted by atomic mass is 19.1. The summed E-state index contributed by atoms with van der Waals surface area (Å²) < 4.78 is 13.2. The molecule has 0 amide bonds. The van der Waals surface area contributed by atoms with Gasteiger partial charge in [-0.3, -0.25) is 9.07 Å². The van der Waals surface area contributed by atoms with Crippen molar-refractivity contribution >= 4 is 5.82 Å². The SMILES string of the molecule is Nc1ccn(CCCF)n1. The van der Waals surface area contributed by atoms with Crippen molar-refractivity contribution in [1.29, 1.82) is 0 Å². The Balaban J connectivity index is 2.42. The fourth-order valence-electron chi connectivity index (χ4n) is 0.724. The summed E-state index contributed by atoms with van der Waals surface area (Å²) in [5.41, 5.74) is 5.32. The zero-order valence-corrected chi connectivity index (χ0v) is 5.63. The van der Waals surface area contributed by atoms with Gasteiger partial charge in [-0.2, -0.15) is 5.10 Å². The maximum absolute atomic E-state index is 11.6. The predicted molar refractivity (Wildman–Crippen MR) is 37.2 cm³/mol. The van der Waals surface area contributed by atoms with Crippen molar-refractivity contribution < 1.29 is 4.39 Å².